The van der Waals surface area contributed by atoms with Gasteiger partial charge in [-0.25, -0.2) is 9.80 Å². The molecule has 0 aromatic heterocycles. The molecule has 1 aliphatic carbocycles. The predicted molar refractivity (Wildman–Crippen MR) is 75.0 cm³/mol. The molecule has 2 fully saturated rings. The van der Waals surface area contributed by atoms with Gasteiger partial charge in [-0.2, -0.15) is 0 Å². The molecule has 20 heavy (non-hydrogen) atoms. The van der Waals surface area contributed by atoms with E-state index in [0.717, 1.165) is 25.7 Å². The van der Waals surface area contributed by atoms with Gasteiger partial charge in [-0.15, -0.1) is 0 Å². The van der Waals surface area contributed by atoms with E-state index < -0.39 is 11.9 Å². The minimum Gasteiger partial charge on any atom is -0.481 e. The molecule has 0 radical (unpaired) electrons. The maximum absolute atomic E-state index is 12.1. The number of carboxylic acid groups (broad SMARTS) is 1. The number of nitrogens with zero attached hydrogens (tertiary/aromatic N) is 1. The van der Waals surface area contributed by atoms with Crippen LogP contribution in [-0.2, 0) is 4.79 Å². The second-order valence-electron chi connectivity index (χ2n) is 6.10. The molecule has 0 aromatic carbocycles. The van der Waals surface area contributed by atoms with Crippen molar-refractivity contribution < 1.29 is 14.7 Å². The zero-order valence-corrected chi connectivity index (χ0v) is 12.3. The Morgan fingerprint density at radius 3 is 2.25 bits per heavy atom. The summed E-state index contributed by atoms with van der Waals surface area (Å²) in [6, 6.07) is 0.123. The van der Waals surface area contributed by atoms with Crippen LogP contribution in [0.5, 0.6) is 0 Å². The highest BCUT2D eigenvalue weighted by atomic mass is 16.4. The third kappa shape index (κ3) is 3.42. The van der Waals surface area contributed by atoms with Crippen LogP contribution in [0.25, 0.3) is 0 Å². The van der Waals surface area contributed by atoms with Gasteiger partial charge in [0, 0.05) is 18.1 Å². The van der Waals surface area contributed by atoms with E-state index in [4.69, 9.17) is 5.11 Å². The van der Waals surface area contributed by atoms with Crippen LogP contribution in [-0.4, -0.2) is 40.2 Å². The largest absolute Gasteiger partial charge is 0.481 e. The van der Waals surface area contributed by atoms with Gasteiger partial charge in [0.15, 0.2) is 0 Å². The fourth-order valence-electron chi connectivity index (χ4n) is 3.39. The first kappa shape index (κ1) is 15.1. The summed E-state index contributed by atoms with van der Waals surface area (Å²) < 4.78 is 0. The Morgan fingerprint density at radius 1 is 1.05 bits per heavy atom. The van der Waals surface area contributed by atoms with Gasteiger partial charge in [0.25, 0.3) is 0 Å². The number of piperidine rings is 1. The summed E-state index contributed by atoms with van der Waals surface area (Å²) in [7, 11) is 0. The molecule has 1 heterocycles. The number of amides is 2. The fourth-order valence-corrected chi connectivity index (χ4v) is 3.39. The molecule has 6 heteroatoms. The number of rotatable bonds is 3. The number of hydrogen-bond donors (Lipinski definition) is 3. The molecule has 2 amide bonds. The van der Waals surface area contributed by atoms with Gasteiger partial charge < -0.3 is 10.4 Å². The van der Waals surface area contributed by atoms with Crippen molar-refractivity contribution in [2.24, 2.45) is 5.92 Å². The van der Waals surface area contributed by atoms with Crippen molar-refractivity contribution in [3.63, 3.8) is 0 Å². The second-order valence-corrected chi connectivity index (χ2v) is 6.10. The van der Waals surface area contributed by atoms with Crippen LogP contribution in [0, 0.1) is 5.92 Å². The van der Waals surface area contributed by atoms with E-state index in [-0.39, 0.29) is 12.1 Å². The molecular weight excluding hydrogens is 258 g/mol. The number of hydrogen-bond acceptors (Lipinski definition) is 3. The smallest absolute Gasteiger partial charge is 0.329 e. The van der Waals surface area contributed by atoms with Gasteiger partial charge in [0.05, 0.1) is 5.92 Å². The van der Waals surface area contributed by atoms with E-state index in [9.17, 15) is 9.59 Å². The third-order valence-corrected chi connectivity index (χ3v) is 4.57. The highest BCUT2D eigenvalue weighted by Gasteiger charge is 2.34. The quantitative estimate of drug-likeness (QED) is 0.736. The molecule has 6 nitrogen and oxygen atoms in total. The molecule has 0 spiro atoms. The topological polar surface area (TPSA) is 81.7 Å². The van der Waals surface area contributed by atoms with E-state index in [1.54, 1.807) is 0 Å². The molecule has 2 aliphatic rings. The first-order valence-corrected chi connectivity index (χ1v) is 7.57. The summed E-state index contributed by atoms with van der Waals surface area (Å²) in [5.74, 6) is -1.26. The Bertz CT molecular complexity index is 365. The lowest BCUT2D eigenvalue weighted by Gasteiger charge is -2.39. The van der Waals surface area contributed by atoms with Gasteiger partial charge >= 0.3 is 12.0 Å². The molecule has 1 saturated carbocycles. The SMILES string of the molecule is CC1CCCC(C)N1NC(=O)NC1CCCC1C(=O)O. The van der Waals surface area contributed by atoms with Crippen LogP contribution in [0.1, 0.15) is 52.4 Å². The third-order valence-electron chi connectivity index (χ3n) is 4.57. The summed E-state index contributed by atoms with van der Waals surface area (Å²) in [6.07, 6.45) is 5.59. The first-order valence-electron chi connectivity index (χ1n) is 7.57. The van der Waals surface area contributed by atoms with Crippen molar-refractivity contribution in [3.05, 3.63) is 0 Å². The number of aliphatic carboxylic acids is 1. The van der Waals surface area contributed by atoms with Crippen molar-refractivity contribution in [3.8, 4) is 0 Å². The Hall–Kier alpha value is -1.30. The van der Waals surface area contributed by atoms with E-state index in [2.05, 4.69) is 24.6 Å². The van der Waals surface area contributed by atoms with Crippen LogP contribution in [0.4, 0.5) is 4.79 Å². The molecule has 1 aliphatic heterocycles. The molecule has 0 bridgehead atoms. The van der Waals surface area contributed by atoms with Crippen molar-refractivity contribution >= 4 is 12.0 Å². The van der Waals surface area contributed by atoms with E-state index in [0.29, 0.717) is 18.5 Å². The van der Waals surface area contributed by atoms with Crippen molar-refractivity contribution in [1.29, 1.82) is 0 Å². The van der Waals surface area contributed by atoms with Gasteiger partial charge in [0.1, 0.15) is 0 Å². The number of carbonyl (C=O) groups excluding carboxylic acids is 1. The van der Waals surface area contributed by atoms with E-state index in [1.165, 1.54) is 6.42 Å². The predicted octanol–water partition coefficient (Wildman–Crippen LogP) is 1.72. The Morgan fingerprint density at radius 2 is 1.65 bits per heavy atom. The van der Waals surface area contributed by atoms with E-state index >= 15 is 0 Å². The van der Waals surface area contributed by atoms with Crippen molar-refractivity contribution in [2.75, 3.05) is 0 Å². The first-order chi connectivity index (χ1) is 9.49. The van der Waals surface area contributed by atoms with Crippen molar-refractivity contribution in [2.45, 2.75) is 70.5 Å². The lowest BCUT2D eigenvalue weighted by molar-refractivity contribution is -0.142. The van der Waals surface area contributed by atoms with Gasteiger partial charge in [-0.1, -0.05) is 12.8 Å². The maximum atomic E-state index is 12.1. The minimum absolute atomic E-state index is 0.247. The monoisotopic (exact) mass is 283 g/mol. The number of urea groups is 1. The summed E-state index contributed by atoms with van der Waals surface area (Å²) in [5, 5.41) is 13.9. The van der Waals surface area contributed by atoms with Crippen LogP contribution in [0.15, 0.2) is 0 Å². The van der Waals surface area contributed by atoms with Gasteiger partial charge in [0.2, 0.25) is 0 Å². The average molecular weight is 283 g/mol. The molecule has 4 atom stereocenters. The fraction of sp³-hybridized carbons (Fsp3) is 0.857. The van der Waals surface area contributed by atoms with E-state index in [1.807, 2.05) is 5.01 Å². The van der Waals surface area contributed by atoms with Gasteiger partial charge in [-0.3, -0.25) is 10.2 Å². The number of carboxylic acids is 1. The molecular formula is C14H25N3O3. The van der Waals surface area contributed by atoms with Crippen LogP contribution in [0.3, 0.4) is 0 Å². The number of carbonyl (C=O) groups is 2. The Labute approximate surface area is 119 Å². The zero-order valence-electron chi connectivity index (χ0n) is 12.3. The highest BCUT2D eigenvalue weighted by molar-refractivity contribution is 5.76. The summed E-state index contributed by atoms with van der Waals surface area (Å²) in [5.41, 5.74) is 2.90. The Kier molecular flexibility index (Phi) is 4.86. The van der Waals surface area contributed by atoms with Crippen LogP contribution in [0.2, 0.25) is 0 Å². The summed E-state index contributed by atoms with van der Waals surface area (Å²) >= 11 is 0. The summed E-state index contributed by atoms with van der Waals surface area (Å²) in [6.45, 7) is 4.21. The molecule has 3 N–H and O–H groups in total. The number of nitrogens with one attached hydrogen (secondary N) is 2. The zero-order chi connectivity index (χ0) is 14.7. The standard InChI is InChI=1S/C14H25N3O3/c1-9-5-3-6-10(2)17(9)16-14(20)15-12-8-4-7-11(12)13(18)19/h9-12H,3-8H2,1-2H3,(H,18,19)(H2,15,16,20). The van der Waals surface area contributed by atoms with Crippen molar-refractivity contribution in [1.82, 2.24) is 15.8 Å². The highest BCUT2D eigenvalue weighted by Crippen LogP contribution is 2.26. The van der Waals surface area contributed by atoms with Crippen LogP contribution < -0.4 is 10.7 Å². The average Bonchev–Trinajstić information content (AvgIpc) is 2.82. The molecule has 114 valence electrons. The lowest BCUT2D eigenvalue weighted by atomic mass is 10.00. The molecule has 4 unspecified atom stereocenters. The Balaban J connectivity index is 1.87. The second kappa shape index (κ2) is 6.43. The number of hydrazine groups is 1. The van der Waals surface area contributed by atoms with Gasteiger partial charge in [-0.05, 0) is 39.5 Å². The lowest BCUT2D eigenvalue weighted by Crippen LogP contribution is -2.58. The van der Waals surface area contributed by atoms with Crippen LogP contribution >= 0.6 is 0 Å². The molecule has 0 aromatic rings. The maximum Gasteiger partial charge on any atom is 0.329 e. The summed E-state index contributed by atoms with van der Waals surface area (Å²) in [4.78, 5) is 23.2. The minimum atomic E-state index is -0.812. The normalized spacial score (nSPS) is 34.7. The molecule has 2 rings (SSSR count). The molecule has 1 saturated heterocycles.